The molecule has 0 aliphatic carbocycles. The number of phenols is 1. The van der Waals surface area contributed by atoms with Gasteiger partial charge < -0.3 is 19.6 Å². The third-order valence-electron chi connectivity index (χ3n) is 4.41. The van der Waals surface area contributed by atoms with Crippen molar-refractivity contribution < 1.29 is 19.1 Å². The number of carbonyl (C=O) groups is 1. The Morgan fingerprint density at radius 1 is 1.17 bits per heavy atom. The fourth-order valence-corrected chi connectivity index (χ4v) is 3.07. The molecule has 0 unspecified atom stereocenters. The molecule has 0 aliphatic rings. The largest absolute Gasteiger partial charge is 0.507 e. The van der Waals surface area contributed by atoms with E-state index < -0.39 is 5.60 Å². The third-order valence-corrected chi connectivity index (χ3v) is 4.94. The van der Waals surface area contributed by atoms with Gasteiger partial charge in [-0.1, -0.05) is 15.9 Å². The monoisotopic (exact) mass is 467 g/mol. The Kier molecular flexibility index (Phi) is 5.17. The average Bonchev–Trinajstić information content (AvgIpc) is 3.15. The van der Waals surface area contributed by atoms with Crippen molar-refractivity contribution in [3.8, 4) is 23.0 Å². The molecule has 0 radical (unpaired) electrons. The first-order chi connectivity index (χ1) is 14.3. The lowest BCUT2D eigenvalue weighted by Crippen LogP contribution is -2.42. The number of hydrogen-bond donors (Lipinski definition) is 2. The first-order valence-corrected chi connectivity index (χ1v) is 9.91. The van der Waals surface area contributed by atoms with E-state index in [-0.39, 0.29) is 17.5 Å². The lowest BCUT2D eigenvalue weighted by Gasteiger charge is -2.25. The molecule has 2 aromatic carbocycles. The van der Waals surface area contributed by atoms with Gasteiger partial charge in [0.2, 0.25) is 5.89 Å². The number of nitrogens with one attached hydrogen (secondary N) is 1. The Morgan fingerprint density at radius 2 is 1.93 bits per heavy atom. The Morgan fingerprint density at radius 3 is 2.67 bits per heavy atom. The van der Waals surface area contributed by atoms with E-state index in [0.29, 0.717) is 28.1 Å². The van der Waals surface area contributed by atoms with Crippen LogP contribution in [0.15, 0.2) is 69.8 Å². The minimum absolute atomic E-state index is 0.0158. The van der Waals surface area contributed by atoms with Gasteiger partial charge in [0.15, 0.2) is 11.2 Å². The summed E-state index contributed by atoms with van der Waals surface area (Å²) in [6.07, 6.45) is 3.17. The number of nitrogens with zero attached hydrogens (tertiary/aromatic N) is 2. The Hall–Kier alpha value is -3.39. The number of benzene rings is 2. The van der Waals surface area contributed by atoms with Gasteiger partial charge in [0.25, 0.3) is 5.91 Å². The highest BCUT2D eigenvalue weighted by molar-refractivity contribution is 9.10. The van der Waals surface area contributed by atoms with Crippen molar-refractivity contribution >= 4 is 38.6 Å². The molecule has 2 heterocycles. The molecule has 4 rings (SSSR count). The van der Waals surface area contributed by atoms with Crippen LogP contribution in [-0.4, -0.2) is 26.6 Å². The van der Waals surface area contributed by atoms with Crippen LogP contribution in [0.4, 0.5) is 5.69 Å². The van der Waals surface area contributed by atoms with Gasteiger partial charge in [-0.15, -0.1) is 0 Å². The second-order valence-electron chi connectivity index (χ2n) is 7.11. The van der Waals surface area contributed by atoms with Gasteiger partial charge in [-0.3, -0.25) is 9.78 Å². The second kappa shape index (κ2) is 7.79. The zero-order valence-corrected chi connectivity index (χ0v) is 17.8. The highest BCUT2D eigenvalue weighted by atomic mass is 79.9. The summed E-state index contributed by atoms with van der Waals surface area (Å²) in [6.45, 7) is 3.36. The smallest absolute Gasteiger partial charge is 0.267 e. The van der Waals surface area contributed by atoms with E-state index in [0.717, 1.165) is 4.47 Å². The number of anilines is 1. The van der Waals surface area contributed by atoms with Crippen LogP contribution in [0, 0.1) is 0 Å². The molecule has 2 N–H and O–H groups in total. The molecule has 0 bridgehead atoms. The number of ether oxygens (including phenoxy) is 1. The van der Waals surface area contributed by atoms with Crippen molar-refractivity contribution in [2.45, 2.75) is 19.4 Å². The molecule has 0 saturated heterocycles. The third kappa shape index (κ3) is 4.13. The Bertz CT molecular complexity index is 1190. The number of aromatic nitrogens is 2. The van der Waals surface area contributed by atoms with Crippen LogP contribution in [0.3, 0.4) is 0 Å². The first kappa shape index (κ1) is 19.9. The number of aromatic hydroxyl groups is 1. The molecule has 0 atom stereocenters. The molecule has 4 aromatic rings. The standard InChI is InChI=1S/C22H18BrN3O4/c1-22(2,30-15-6-3-13(23)4-7-15)21(28)25-14-5-8-18(27)16(11-14)20-26-17-12-24-10-9-19(17)29-20/h3-12,27H,1-2H3,(H,25,28). The Labute approximate surface area is 180 Å². The maximum atomic E-state index is 12.8. The fraction of sp³-hybridized carbons (Fsp3) is 0.136. The minimum Gasteiger partial charge on any atom is -0.507 e. The zero-order valence-electron chi connectivity index (χ0n) is 16.2. The van der Waals surface area contributed by atoms with Crippen LogP contribution < -0.4 is 10.1 Å². The average molecular weight is 468 g/mol. The quantitative estimate of drug-likeness (QED) is 0.393. The van der Waals surface area contributed by atoms with E-state index in [1.807, 2.05) is 12.1 Å². The molecule has 0 saturated carbocycles. The van der Waals surface area contributed by atoms with E-state index in [9.17, 15) is 9.90 Å². The molecule has 2 aromatic heterocycles. The number of amides is 1. The summed E-state index contributed by atoms with van der Waals surface area (Å²) in [5, 5.41) is 13.1. The number of hydrogen-bond acceptors (Lipinski definition) is 6. The zero-order chi connectivity index (χ0) is 21.3. The summed E-state index contributed by atoms with van der Waals surface area (Å²) in [6, 6.07) is 13.6. The topological polar surface area (TPSA) is 97.5 Å². The summed E-state index contributed by atoms with van der Waals surface area (Å²) in [5.41, 5.74) is 0.828. The minimum atomic E-state index is -1.13. The predicted octanol–water partition coefficient (Wildman–Crippen LogP) is 5.15. The number of fused-ring (bicyclic) bond motifs is 1. The van der Waals surface area contributed by atoms with Gasteiger partial charge >= 0.3 is 0 Å². The summed E-state index contributed by atoms with van der Waals surface area (Å²) < 4.78 is 12.5. The number of oxazole rings is 1. The molecule has 0 aliphatic heterocycles. The van der Waals surface area contributed by atoms with Crippen molar-refractivity contribution in [1.82, 2.24) is 9.97 Å². The van der Waals surface area contributed by atoms with Crippen LogP contribution in [0.5, 0.6) is 11.5 Å². The summed E-state index contributed by atoms with van der Waals surface area (Å²) in [7, 11) is 0. The number of pyridine rings is 1. The van der Waals surface area contributed by atoms with Crippen LogP contribution in [-0.2, 0) is 4.79 Å². The normalized spacial score (nSPS) is 11.4. The van der Waals surface area contributed by atoms with Crippen molar-refractivity contribution in [3.63, 3.8) is 0 Å². The van der Waals surface area contributed by atoms with Crippen LogP contribution in [0.1, 0.15) is 13.8 Å². The van der Waals surface area contributed by atoms with Crippen molar-refractivity contribution in [1.29, 1.82) is 0 Å². The van der Waals surface area contributed by atoms with E-state index in [2.05, 4.69) is 31.2 Å². The van der Waals surface area contributed by atoms with Gasteiger partial charge in [-0.05, 0) is 56.3 Å². The fourth-order valence-electron chi connectivity index (χ4n) is 2.81. The van der Waals surface area contributed by atoms with Gasteiger partial charge in [0.1, 0.15) is 17.0 Å². The van der Waals surface area contributed by atoms with Gasteiger partial charge in [0.05, 0.1) is 11.8 Å². The molecular weight excluding hydrogens is 450 g/mol. The highest BCUT2D eigenvalue weighted by Crippen LogP contribution is 2.33. The maximum Gasteiger partial charge on any atom is 0.267 e. The number of carbonyl (C=O) groups excluding carboxylic acids is 1. The number of rotatable bonds is 5. The van der Waals surface area contributed by atoms with Gasteiger partial charge in [-0.2, -0.15) is 0 Å². The molecule has 30 heavy (non-hydrogen) atoms. The number of phenolic OH excluding ortho intramolecular Hbond substituents is 1. The van der Waals surface area contributed by atoms with Crippen molar-refractivity contribution in [3.05, 3.63) is 65.4 Å². The van der Waals surface area contributed by atoms with Crippen molar-refractivity contribution in [2.24, 2.45) is 0 Å². The Balaban J connectivity index is 1.56. The second-order valence-corrected chi connectivity index (χ2v) is 8.03. The van der Waals surface area contributed by atoms with Crippen LogP contribution >= 0.6 is 15.9 Å². The number of halogens is 1. The summed E-state index contributed by atoms with van der Waals surface area (Å²) in [5.74, 6) is 0.448. The molecule has 1 amide bonds. The van der Waals surface area contributed by atoms with Gasteiger partial charge in [0, 0.05) is 22.4 Å². The molecule has 7 nitrogen and oxygen atoms in total. The molecule has 0 fully saturated rings. The molecule has 8 heteroatoms. The van der Waals surface area contributed by atoms with E-state index in [1.165, 1.54) is 6.07 Å². The molecule has 152 valence electrons. The summed E-state index contributed by atoms with van der Waals surface area (Å²) in [4.78, 5) is 21.2. The first-order valence-electron chi connectivity index (χ1n) is 9.12. The molecular formula is C22H18BrN3O4. The highest BCUT2D eigenvalue weighted by Gasteiger charge is 2.30. The van der Waals surface area contributed by atoms with Gasteiger partial charge in [-0.25, -0.2) is 4.98 Å². The maximum absolute atomic E-state index is 12.8. The molecule has 0 spiro atoms. The predicted molar refractivity (Wildman–Crippen MR) is 116 cm³/mol. The lowest BCUT2D eigenvalue weighted by atomic mass is 10.1. The van der Waals surface area contributed by atoms with E-state index >= 15 is 0 Å². The van der Waals surface area contributed by atoms with Crippen LogP contribution in [0.25, 0.3) is 22.6 Å². The van der Waals surface area contributed by atoms with E-state index in [4.69, 9.17) is 9.15 Å². The lowest BCUT2D eigenvalue weighted by molar-refractivity contribution is -0.128. The van der Waals surface area contributed by atoms with Crippen LogP contribution in [0.2, 0.25) is 0 Å². The summed E-state index contributed by atoms with van der Waals surface area (Å²) >= 11 is 3.37. The SMILES string of the molecule is CC(C)(Oc1ccc(Br)cc1)C(=O)Nc1ccc(O)c(-c2nc3cnccc3o2)c1. The van der Waals surface area contributed by atoms with Crippen molar-refractivity contribution in [2.75, 3.05) is 5.32 Å². The van der Waals surface area contributed by atoms with E-state index in [1.54, 1.807) is 56.6 Å².